The van der Waals surface area contributed by atoms with Crippen molar-refractivity contribution in [1.29, 1.82) is 0 Å². The number of carbonyl (C=O) groups excluding carboxylic acids is 4. The molecule has 0 saturated heterocycles. The molecule has 0 atom stereocenters. The normalized spacial score (nSPS) is 11.4. The van der Waals surface area contributed by atoms with Crippen LogP contribution in [0.25, 0.3) is 0 Å². The fourth-order valence-corrected chi connectivity index (χ4v) is 3.82. The van der Waals surface area contributed by atoms with Crippen LogP contribution in [0.1, 0.15) is 55.7 Å². The molecule has 36 heavy (non-hydrogen) atoms. The molecular formula is C25H33N3O7S. The summed E-state index contributed by atoms with van der Waals surface area (Å²) in [5.74, 6) is -1.14. The molecule has 2 rings (SSSR count). The van der Waals surface area contributed by atoms with Gasteiger partial charge in [0.2, 0.25) is 0 Å². The molecule has 0 unspecified atom stereocenters. The third-order valence-electron chi connectivity index (χ3n) is 4.78. The summed E-state index contributed by atoms with van der Waals surface area (Å²) < 4.78 is 15.4. The Morgan fingerprint density at radius 3 is 2.33 bits per heavy atom. The Labute approximate surface area is 214 Å². The minimum absolute atomic E-state index is 0.0324. The number of amides is 3. The molecule has 0 spiro atoms. The number of carbonyl (C=O) groups is 4. The monoisotopic (exact) mass is 519 g/mol. The van der Waals surface area contributed by atoms with Crippen molar-refractivity contribution in [3.05, 3.63) is 52.0 Å². The van der Waals surface area contributed by atoms with Gasteiger partial charge in [-0.05, 0) is 40.2 Å². The smallest absolute Gasteiger partial charge is 0.414 e. The predicted molar refractivity (Wildman–Crippen MR) is 134 cm³/mol. The van der Waals surface area contributed by atoms with Gasteiger partial charge >= 0.3 is 18.2 Å². The topological polar surface area (TPSA) is 124 Å². The summed E-state index contributed by atoms with van der Waals surface area (Å²) in [7, 11) is 1.29. The first kappa shape index (κ1) is 28.8. The molecule has 0 aliphatic carbocycles. The molecule has 1 N–H and O–H groups in total. The van der Waals surface area contributed by atoms with Crippen molar-refractivity contribution >= 4 is 35.4 Å². The first-order chi connectivity index (χ1) is 16.8. The second kappa shape index (κ2) is 12.5. The molecule has 0 fully saturated rings. The van der Waals surface area contributed by atoms with E-state index in [0.29, 0.717) is 11.4 Å². The van der Waals surface area contributed by atoms with Crippen LogP contribution < -0.4 is 5.32 Å². The van der Waals surface area contributed by atoms with Crippen molar-refractivity contribution in [3.63, 3.8) is 0 Å². The summed E-state index contributed by atoms with van der Waals surface area (Å²) >= 11 is 1.22. The Bertz CT molecular complexity index is 1060. The average Bonchev–Trinajstić information content (AvgIpc) is 3.28. The van der Waals surface area contributed by atoms with Gasteiger partial charge in [-0.15, -0.1) is 11.3 Å². The molecule has 1 aromatic heterocycles. The van der Waals surface area contributed by atoms with Gasteiger partial charge in [0.25, 0.3) is 5.91 Å². The zero-order valence-corrected chi connectivity index (χ0v) is 22.3. The molecule has 1 aromatic carbocycles. The quantitative estimate of drug-likeness (QED) is 0.386. The van der Waals surface area contributed by atoms with E-state index >= 15 is 0 Å². The fourth-order valence-electron chi connectivity index (χ4n) is 3.06. The van der Waals surface area contributed by atoms with Crippen molar-refractivity contribution in [3.8, 4) is 0 Å². The highest BCUT2D eigenvalue weighted by atomic mass is 32.1. The zero-order valence-electron chi connectivity index (χ0n) is 21.5. The number of ether oxygens (including phenoxy) is 3. The largest absolute Gasteiger partial charge is 0.469 e. The lowest BCUT2D eigenvalue weighted by Crippen LogP contribution is -2.45. The van der Waals surface area contributed by atoms with Gasteiger partial charge in [-0.3, -0.25) is 14.9 Å². The highest BCUT2D eigenvalue weighted by Gasteiger charge is 2.34. The van der Waals surface area contributed by atoms with E-state index in [9.17, 15) is 19.2 Å². The average molecular weight is 520 g/mol. The number of alkyl carbamates (subject to hydrolysis) is 1. The maximum atomic E-state index is 12.8. The molecule has 11 heteroatoms. The van der Waals surface area contributed by atoms with E-state index in [1.54, 1.807) is 46.8 Å². The molecular weight excluding hydrogens is 486 g/mol. The molecule has 2 aromatic rings. The third kappa shape index (κ3) is 9.29. The number of aromatic nitrogens is 1. The number of esters is 1. The van der Waals surface area contributed by atoms with Crippen molar-refractivity contribution in [2.75, 3.05) is 20.2 Å². The predicted octanol–water partition coefficient (Wildman–Crippen LogP) is 4.19. The number of imide groups is 1. The van der Waals surface area contributed by atoms with E-state index in [-0.39, 0.29) is 25.4 Å². The number of rotatable bonds is 9. The van der Waals surface area contributed by atoms with Crippen molar-refractivity contribution in [2.45, 2.75) is 53.2 Å². The lowest BCUT2D eigenvalue weighted by atomic mass is 9.93. The van der Waals surface area contributed by atoms with Gasteiger partial charge in [-0.2, -0.15) is 0 Å². The number of thiazole rings is 1. The second-order valence-electron chi connectivity index (χ2n) is 9.67. The first-order valence-corrected chi connectivity index (χ1v) is 12.2. The number of benzene rings is 1. The Hall–Kier alpha value is -3.47. The van der Waals surface area contributed by atoms with Gasteiger partial charge in [0, 0.05) is 24.9 Å². The molecule has 1 heterocycles. The maximum Gasteiger partial charge on any atom is 0.414 e. The van der Waals surface area contributed by atoms with E-state index < -0.39 is 35.1 Å². The summed E-state index contributed by atoms with van der Waals surface area (Å²) in [5.41, 5.74) is -0.822. The number of nitrogens with zero attached hydrogens (tertiary/aromatic N) is 2. The molecule has 10 nitrogen and oxygen atoms in total. The van der Waals surface area contributed by atoms with Crippen molar-refractivity contribution in [1.82, 2.24) is 15.2 Å². The highest BCUT2D eigenvalue weighted by molar-refractivity contribution is 7.09. The molecule has 0 aliphatic heterocycles. The number of hydrogen-bond acceptors (Lipinski definition) is 9. The van der Waals surface area contributed by atoms with Crippen molar-refractivity contribution < 1.29 is 33.4 Å². The van der Waals surface area contributed by atoms with Crippen LogP contribution in [0.15, 0.2) is 35.7 Å². The van der Waals surface area contributed by atoms with Gasteiger partial charge in [0.1, 0.15) is 17.9 Å². The summed E-state index contributed by atoms with van der Waals surface area (Å²) in [4.78, 5) is 54.9. The van der Waals surface area contributed by atoms with Crippen LogP contribution in [0.5, 0.6) is 0 Å². The van der Waals surface area contributed by atoms with E-state index in [2.05, 4.69) is 10.3 Å². The van der Waals surface area contributed by atoms with E-state index in [0.717, 1.165) is 5.56 Å². The van der Waals surface area contributed by atoms with Gasteiger partial charge < -0.3 is 19.1 Å². The maximum absolute atomic E-state index is 12.8. The number of nitrogens with one attached hydrogen (secondary N) is 1. The first-order valence-electron chi connectivity index (χ1n) is 11.3. The standard InChI is InChI=1S/C25H33N3O7S/c1-24(2,3)35-23(32)28(16-25(4,5)21(30)33-6)13-12-19-26-18(15-36-19)20(29)27-22(31)34-14-17-10-8-7-9-11-17/h7-11,15H,12-14,16H2,1-6H3,(H,27,29,31). The minimum atomic E-state index is -0.959. The van der Waals surface area contributed by atoms with Crippen LogP contribution in [0.4, 0.5) is 9.59 Å². The van der Waals surface area contributed by atoms with Crippen LogP contribution in [0.2, 0.25) is 0 Å². The molecule has 196 valence electrons. The number of hydrogen-bond donors (Lipinski definition) is 1. The Balaban J connectivity index is 1.98. The van der Waals surface area contributed by atoms with Gasteiger partial charge in [-0.1, -0.05) is 30.3 Å². The molecule has 0 aliphatic rings. The van der Waals surface area contributed by atoms with Crippen LogP contribution in [-0.4, -0.2) is 59.7 Å². The van der Waals surface area contributed by atoms with Gasteiger partial charge in [-0.25, -0.2) is 14.6 Å². The minimum Gasteiger partial charge on any atom is -0.469 e. The molecule has 0 radical (unpaired) electrons. The zero-order chi connectivity index (χ0) is 26.9. The molecule has 0 bridgehead atoms. The van der Waals surface area contributed by atoms with E-state index in [1.807, 2.05) is 18.2 Å². The second-order valence-corrected chi connectivity index (χ2v) is 10.6. The van der Waals surface area contributed by atoms with Crippen LogP contribution in [-0.2, 0) is 32.0 Å². The Kier molecular flexibility index (Phi) is 9.97. The van der Waals surface area contributed by atoms with E-state index in [1.165, 1.54) is 28.7 Å². The van der Waals surface area contributed by atoms with Crippen LogP contribution in [0, 0.1) is 5.41 Å². The van der Waals surface area contributed by atoms with Gasteiger partial charge in [0.05, 0.1) is 17.5 Å². The Morgan fingerprint density at radius 2 is 1.72 bits per heavy atom. The van der Waals surface area contributed by atoms with Crippen LogP contribution >= 0.6 is 11.3 Å². The van der Waals surface area contributed by atoms with Crippen LogP contribution in [0.3, 0.4) is 0 Å². The third-order valence-corrected chi connectivity index (χ3v) is 5.69. The summed E-state index contributed by atoms with van der Waals surface area (Å²) in [6.45, 7) is 8.92. The van der Waals surface area contributed by atoms with Crippen molar-refractivity contribution in [2.24, 2.45) is 5.41 Å². The summed E-state index contributed by atoms with van der Waals surface area (Å²) in [6, 6.07) is 9.08. The van der Waals surface area contributed by atoms with Gasteiger partial charge in [0.15, 0.2) is 0 Å². The number of methoxy groups -OCH3 is 1. The molecule has 3 amide bonds. The SMILES string of the molecule is COC(=O)C(C)(C)CN(CCc1nc(C(=O)NC(=O)OCc2ccccc2)cs1)C(=O)OC(C)(C)C. The molecule has 0 saturated carbocycles. The van der Waals surface area contributed by atoms with E-state index in [4.69, 9.17) is 14.2 Å². The Morgan fingerprint density at radius 1 is 1.06 bits per heavy atom. The highest BCUT2D eigenvalue weighted by Crippen LogP contribution is 2.22. The summed E-state index contributed by atoms with van der Waals surface area (Å²) in [6.07, 6.45) is -1.14. The fraction of sp³-hybridized carbons (Fsp3) is 0.480. The lowest BCUT2D eigenvalue weighted by Gasteiger charge is -2.32. The summed E-state index contributed by atoms with van der Waals surface area (Å²) in [5, 5.41) is 4.24. The lowest BCUT2D eigenvalue weighted by molar-refractivity contribution is -0.151.